The lowest BCUT2D eigenvalue weighted by atomic mass is 10.2. The molecule has 2 aromatic rings. The van der Waals surface area contributed by atoms with E-state index in [1.807, 2.05) is 6.20 Å². The summed E-state index contributed by atoms with van der Waals surface area (Å²) in [4.78, 5) is 8.58. The van der Waals surface area contributed by atoms with Crippen molar-refractivity contribution in [3.05, 3.63) is 30.0 Å². The van der Waals surface area contributed by atoms with E-state index >= 15 is 0 Å². The predicted molar refractivity (Wildman–Crippen MR) is 61.5 cm³/mol. The number of aryl methyl sites for hydroxylation is 1. The molecule has 0 unspecified atom stereocenters. The Labute approximate surface area is 88.9 Å². The Bertz CT molecular complexity index is 400. The highest BCUT2D eigenvalue weighted by Crippen LogP contribution is 2.10. The van der Waals surface area contributed by atoms with Crippen molar-refractivity contribution in [1.29, 1.82) is 0 Å². The first-order valence-corrected chi connectivity index (χ1v) is 3.83. The fraction of sp³-hybridized carbons (Fsp3) is 0.111. The predicted octanol–water partition coefficient (Wildman–Crippen LogP) is 1.09. The van der Waals surface area contributed by atoms with Crippen LogP contribution in [0.2, 0.25) is 0 Å². The Morgan fingerprint density at radius 3 is 2.79 bits per heavy atom. The van der Waals surface area contributed by atoms with Gasteiger partial charge >= 0.3 is 0 Å². The van der Waals surface area contributed by atoms with E-state index in [1.54, 1.807) is 0 Å². The molecule has 0 fully saturated rings. The summed E-state index contributed by atoms with van der Waals surface area (Å²) in [5.74, 6) is 0. The molecule has 0 aliphatic rings. The van der Waals surface area contributed by atoms with Crippen molar-refractivity contribution in [2.24, 2.45) is 5.73 Å². The molecule has 3 N–H and O–H groups in total. The number of nitrogens with zero attached hydrogens (tertiary/aromatic N) is 1. The average Bonchev–Trinajstić information content (AvgIpc) is 2.52. The van der Waals surface area contributed by atoms with Crippen LogP contribution in [0.15, 0.2) is 24.4 Å². The summed E-state index contributed by atoms with van der Waals surface area (Å²) in [6.45, 7) is 2.07. The SMILES string of the molecule is Cc1ccc2cn[nH]c2c1.NC=O.S. The summed E-state index contributed by atoms with van der Waals surface area (Å²) in [7, 11) is 0. The maximum Gasteiger partial charge on any atom is 0.204 e. The first kappa shape index (κ1) is 12.5. The molecule has 0 atom stereocenters. The smallest absolute Gasteiger partial charge is 0.204 e. The Hall–Kier alpha value is -1.49. The number of primary amides is 1. The van der Waals surface area contributed by atoms with Gasteiger partial charge < -0.3 is 5.73 Å². The zero-order chi connectivity index (χ0) is 9.68. The van der Waals surface area contributed by atoms with Gasteiger partial charge in [-0.3, -0.25) is 9.89 Å². The molecule has 1 aromatic carbocycles. The zero-order valence-electron chi connectivity index (χ0n) is 7.82. The third-order valence-electron chi connectivity index (χ3n) is 1.60. The summed E-state index contributed by atoms with van der Waals surface area (Å²) in [5.41, 5.74) is 6.54. The molecule has 14 heavy (non-hydrogen) atoms. The van der Waals surface area contributed by atoms with Crippen LogP contribution in [0.3, 0.4) is 0 Å². The minimum Gasteiger partial charge on any atom is -0.372 e. The Balaban J connectivity index is 0.000000381. The molecule has 0 saturated heterocycles. The number of aromatic nitrogens is 2. The molecule has 4 nitrogen and oxygen atoms in total. The van der Waals surface area contributed by atoms with Crippen molar-refractivity contribution in [1.82, 2.24) is 10.2 Å². The van der Waals surface area contributed by atoms with Gasteiger partial charge in [-0.1, -0.05) is 12.1 Å². The number of hydrogen-bond acceptors (Lipinski definition) is 2. The zero-order valence-corrected chi connectivity index (χ0v) is 8.82. The topological polar surface area (TPSA) is 71.8 Å². The lowest BCUT2D eigenvalue weighted by Crippen LogP contribution is -1.82. The summed E-state index contributed by atoms with van der Waals surface area (Å²) < 4.78 is 0. The number of carbonyl (C=O) groups is 1. The number of hydrogen-bond donors (Lipinski definition) is 2. The van der Waals surface area contributed by atoms with Crippen molar-refractivity contribution in [3.63, 3.8) is 0 Å². The number of nitrogens with two attached hydrogens (primary N) is 1. The van der Waals surface area contributed by atoms with E-state index in [1.165, 1.54) is 10.9 Å². The second-order valence-corrected chi connectivity index (χ2v) is 2.60. The number of H-pyrrole nitrogens is 1. The van der Waals surface area contributed by atoms with Crippen LogP contribution in [0.5, 0.6) is 0 Å². The number of aromatic amines is 1. The van der Waals surface area contributed by atoms with Crippen LogP contribution < -0.4 is 5.73 Å². The molecule has 1 amide bonds. The van der Waals surface area contributed by atoms with Gasteiger partial charge in [0.1, 0.15) is 0 Å². The average molecular weight is 211 g/mol. The number of fused-ring (bicyclic) bond motifs is 1. The maximum absolute atomic E-state index is 8.58. The van der Waals surface area contributed by atoms with Crippen molar-refractivity contribution < 1.29 is 4.79 Å². The fourth-order valence-corrected chi connectivity index (χ4v) is 1.05. The number of rotatable bonds is 0. The first-order valence-electron chi connectivity index (χ1n) is 3.83. The molecule has 1 aromatic heterocycles. The van der Waals surface area contributed by atoms with E-state index in [0.29, 0.717) is 0 Å². The van der Waals surface area contributed by atoms with E-state index in [9.17, 15) is 0 Å². The Morgan fingerprint density at radius 2 is 2.14 bits per heavy atom. The van der Waals surface area contributed by atoms with E-state index in [0.717, 1.165) is 5.52 Å². The van der Waals surface area contributed by atoms with Gasteiger partial charge in [0.15, 0.2) is 0 Å². The molecule has 0 bridgehead atoms. The second-order valence-electron chi connectivity index (χ2n) is 2.60. The van der Waals surface area contributed by atoms with E-state index < -0.39 is 0 Å². The molecule has 0 saturated carbocycles. The molecular weight excluding hydrogens is 198 g/mol. The number of benzene rings is 1. The quantitative estimate of drug-likeness (QED) is 0.640. The summed E-state index contributed by atoms with van der Waals surface area (Å²) in [5, 5.41) is 8.00. The fourth-order valence-electron chi connectivity index (χ4n) is 1.05. The molecule has 0 spiro atoms. The molecule has 0 aliphatic carbocycles. The Morgan fingerprint density at radius 1 is 1.50 bits per heavy atom. The van der Waals surface area contributed by atoms with Gasteiger partial charge in [-0.05, 0) is 18.6 Å². The highest BCUT2D eigenvalue weighted by Gasteiger charge is 1.92. The van der Waals surface area contributed by atoms with Crippen LogP contribution in [-0.2, 0) is 4.79 Å². The minimum absolute atomic E-state index is 0. The maximum atomic E-state index is 8.58. The van der Waals surface area contributed by atoms with Gasteiger partial charge in [-0.15, -0.1) is 0 Å². The Kier molecular flexibility index (Phi) is 5.40. The molecule has 1 heterocycles. The molecule has 76 valence electrons. The number of amides is 1. The highest BCUT2D eigenvalue weighted by atomic mass is 32.1. The molecule has 5 heteroatoms. The van der Waals surface area contributed by atoms with Crippen molar-refractivity contribution >= 4 is 30.8 Å². The number of carbonyl (C=O) groups excluding carboxylic acids is 1. The van der Waals surface area contributed by atoms with Crippen LogP contribution in [0.25, 0.3) is 10.9 Å². The highest BCUT2D eigenvalue weighted by molar-refractivity contribution is 7.59. The van der Waals surface area contributed by atoms with Gasteiger partial charge in [0.2, 0.25) is 6.41 Å². The van der Waals surface area contributed by atoms with E-state index in [-0.39, 0.29) is 19.9 Å². The second kappa shape index (κ2) is 6.04. The largest absolute Gasteiger partial charge is 0.372 e. The van der Waals surface area contributed by atoms with Crippen LogP contribution in [-0.4, -0.2) is 16.6 Å². The summed E-state index contributed by atoms with van der Waals surface area (Å²) in [6.07, 6.45) is 2.08. The van der Waals surface area contributed by atoms with E-state index in [4.69, 9.17) is 4.79 Å². The number of nitrogens with one attached hydrogen (secondary N) is 1. The van der Waals surface area contributed by atoms with Crippen molar-refractivity contribution in [3.8, 4) is 0 Å². The standard InChI is InChI=1S/C8H8N2.CH3NO.H2S/c1-6-2-3-7-5-9-10-8(7)4-6;2-1-3;/h2-5H,1H3,(H,9,10);1H,(H2,2,3);1H2. The first-order chi connectivity index (χ1) is 6.27. The lowest BCUT2D eigenvalue weighted by molar-refractivity contribution is -0.106. The van der Waals surface area contributed by atoms with Gasteiger partial charge in [0.25, 0.3) is 0 Å². The molecule has 0 aliphatic heterocycles. The van der Waals surface area contributed by atoms with Crippen molar-refractivity contribution in [2.45, 2.75) is 6.92 Å². The van der Waals surface area contributed by atoms with Crippen LogP contribution in [0.4, 0.5) is 0 Å². The van der Waals surface area contributed by atoms with Crippen LogP contribution in [0, 0.1) is 6.92 Å². The molecule has 0 radical (unpaired) electrons. The monoisotopic (exact) mass is 211 g/mol. The van der Waals surface area contributed by atoms with Crippen LogP contribution >= 0.6 is 13.5 Å². The molecular formula is C9H13N3OS. The van der Waals surface area contributed by atoms with Crippen LogP contribution in [0.1, 0.15) is 5.56 Å². The summed E-state index contributed by atoms with van der Waals surface area (Å²) >= 11 is 0. The van der Waals surface area contributed by atoms with E-state index in [2.05, 4.69) is 41.1 Å². The molecule has 2 rings (SSSR count). The normalized spacial score (nSPS) is 8.36. The third-order valence-corrected chi connectivity index (χ3v) is 1.60. The van der Waals surface area contributed by atoms with Gasteiger partial charge in [0.05, 0.1) is 11.7 Å². The minimum atomic E-state index is 0. The third kappa shape index (κ3) is 3.10. The van der Waals surface area contributed by atoms with Gasteiger partial charge in [-0.2, -0.15) is 18.6 Å². The summed E-state index contributed by atoms with van der Waals surface area (Å²) in [6, 6.07) is 6.23. The van der Waals surface area contributed by atoms with Gasteiger partial charge in [0, 0.05) is 5.39 Å². The van der Waals surface area contributed by atoms with Gasteiger partial charge in [-0.25, -0.2) is 0 Å². The van der Waals surface area contributed by atoms with Crippen molar-refractivity contribution in [2.75, 3.05) is 0 Å². The lowest BCUT2D eigenvalue weighted by Gasteiger charge is -1.89.